The summed E-state index contributed by atoms with van der Waals surface area (Å²) in [5, 5.41) is 10.9. The van der Waals surface area contributed by atoms with Crippen LogP contribution < -0.4 is 15.4 Å². The highest BCUT2D eigenvalue weighted by Crippen LogP contribution is 2.38. The van der Waals surface area contributed by atoms with Crippen LogP contribution in [0.3, 0.4) is 0 Å². The Morgan fingerprint density at radius 2 is 2.11 bits per heavy atom. The molecule has 9 nitrogen and oxygen atoms in total. The summed E-state index contributed by atoms with van der Waals surface area (Å²) < 4.78 is 17.3. The number of aromatic nitrogens is 3. The minimum atomic E-state index is -0.231. The molecule has 5 heterocycles. The smallest absolute Gasteiger partial charge is 0.290 e. The summed E-state index contributed by atoms with van der Waals surface area (Å²) >= 11 is 1.60. The van der Waals surface area contributed by atoms with Gasteiger partial charge in [0.15, 0.2) is 0 Å². The third-order valence-corrected chi connectivity index (χ3v) is 7.82. The van der Waals surface area contributed by atoms with Crippen molar-refractivity contribution < 1.29 is 14.2 Å². The zero-order chi connectivity index (χ0) is 24.8. The molecule has 7 rings (SSSR count). The van der Waals surface area contributed by atoms with Crippen LogP contribution in [-0.4, -0.2) is 52.9 Å². The Kier molecular flexibility index (Phi) is 5.53. The van der Waals surface area contributed by atoms with E-state index in [2.05, 4.69) is 56.8 Å². The van der Waals surface area contributed by atoms with Crippen molar-refractivity contribution in [1.82, 2.24) is 20.3 Å². The molecule has 0 saturated carbocycles. The van der Waals surface area contributed by atoms with Crippen LogP contribution in [0.15, 0.2) is 59.3 Å². The van der Waals surface area contributed by atoms with Gasteiger partial charge in [-0.25, -0.2) is 19.9 Å². The van der Waals surface area contributed by atoms with Crippen molar-refractivity contribution >= 4 is 33.9 Å². The summed E-state index contributed by atoms with van der Waals surface area (Å²) in [6.45, 7) is 4.62. The molecule has 4 aromatic rings. The van der Waals surface area contributed by atoms with Crippen molar-refractivity contribution in [3.05, 3.63) is 76.1 Å². The number of ether oxygens (including phenoxy) is 3. The molecule has 2 aromatic carbocycles. The average molecular weight is 515 g/mol. The standard InChI is InChI=1S/C27H26N6O3S/c1-16-8-17(2-5-22(16)35-13-24-28-6-7-37-24)10-27(14-31-27)25-19-9-18(3-4-20(19)29-15-30-25)32-26-33-21-11-34-12-23(21)36-26/h2-9,15,21,23,31H,10-14H2,1H3,(H,32,33). The van der Waals surface area contributed by atoms with E-state index in [0.29, 0.717) is 25.8 Å². The zero-order valence-corrected chi connectivity index (χ0v) is 21.1. The van der Waals surface area contributed by atoms with Gasteiger partial charge in [-0.1, -0.05) is 12.1 Å². The Morgan fingerprint density at radius 3 is 2.92 bits per heavy atom. The number of thiazole rings is 1. The first-order valence-corrected chi connectivity index (χ1v) is 13.2. The van der Waals surface area contributed by atoms with Gasteiger partial charge >= 0.3 is 0 Å². The van der Waals surface area contributed by atoms with Crippen molar-refractivity contribution in [2.24, 2.45) is 4.99 Å². The third-order valence-electron chi connectivity index (χ3n) is 7.07. The van der Waals surface area contributed by atoms with Crippen LogP contribution in [-0.2, 0) is 28.0 Å². The summed E-state index contributed by atoms with van der Waals surface area (Å²) in [5.74, 6) is 0.882. The Morgan fingerprint density at radius 1 is 1.16 bits per heavy atom. The number of benzene rings is 2. The number of anilines is 1. The highest BCUT2D eigenvalue weighted by atomic mass is 32.1. The zero-order valence-electron chi connectivity index (χ0n) is 20.3. The van der Waals surface area contributed by atoms with Gasteiger partial charge in [0.05, 0.1) is 30.0 Å². The van der Waals surface area contributed by atoms with Crippen LogP contribution in [0.5, 0.6) is 5.75 Å². The lowest BCUT2D eigenvalue weighted by molar-refractivity contribution is 0.138. The van der Waals surface area contributed by atoms with Gasteiger partial charge in [0.2, 0.25) is 0 Å². The molecule has 10 heteroatoms. The molecule has 0 amide bonds. The van der Waals surface area contributed by atoms with E-state index in [9.17, 15) is 0 Å². The highest BCUT2D eigenvalue weighted by Gasteiger charge is 2.46. The van der Waals surface area contributed by atoms with Gasteiger partial charge in [-0.05, 0) is 48.7 Å². The van der Waals surface area contributed by atoms with E-state index in [-0.39, 0.29) is 17.7 Å². The molecule has 0 bridgehead atoms. The molecule has 2 N–H and O–H groups in total. The number of nitrogens with zero attached hydrogens (tertiary/aromatic N) is 4. The van der Waals surface area contributed by atoms with E-state index in [0.717, 1.165) is 51.6 Å². The van der Waals surface area contributed by atoms with Gasteiger partial charge in [-0.15, -0.1) is 11.3 Å². The van der Waals surface area contributed by atoms with Gasteiger partial charge in [0, 0.05) is 29.2 Å². The molecule has 3 aliphatic heterocycles. The molecular formula is C27H26N6O3S. The maximum absolute atomic E-state index is 5.99. The third kappa shape index (κ3) is 4.41. The van der Waals surface area contributed by atoms with Crippen molar-refractivity contribution in [3.8, 4) is 5.75 Å². The molecule has 0 spiro atoms. The Labute approximate surface area is 217 Å². The molecule has 3 atom stereocenters. The molecule has 2 saturated heterocycles. The van der Waals surface area contributed by atoms with Crippen molar-refractivity contribution in [1.29, 1.82) is 0 Å². The SMILES string of the molecule is Cc1cc(CC2(c3ncnc4ccc(NC5=NC6COCC6O5)cc34)CN2)ccc1OCc1nccs1. The molecule has 2 fully saturated rings. The summed E-state index contributed by atoms with van der Waals surface area (Å²) in [5.41, 5.74) is 4.92. The molecule has 3 aliphatic rings. The van der Waals surface area contributed by atoms with E-state index in [1.165, 1.54) is 5.56 Å². The fraction of sp³-hybridized carbons (Fsp3) is 0.333. The van der Waals surface area contributed by atoms with E-state index < -0.39 is 0 Å². The van der Waals surface area contributed by atoms with E-state index >= 15 is 0 Å². The topological polar surface area (TPSA) is 113 Å². The maximum atomic E-state index is 5.99. The lowest BCUT2D eigenvalue weighted by Crippen LogP contribution is -2.22. The van der Waals surface area contributed by atoms with Crippen molar-refractivity contribution in [3.63, 3.8) is 0 Å². The molecular weight excluding hydrogens is 488 g/mol. The molecule has 0 radical (unpaired) electrons. The number of hydrogen-bond acceptors (Lipinski definition) is 10. The predicted molar refractivity (Wildman–Crippen MR) is 141 cm³/mol. The Balaban J connectivity index is 1.11. The first-order chi connectivity index (χ1) is 18.1. The molecule has 2 aromatic heterocycles. The second-order valence-electron chi connectivity index (χ2n) is 9.70. The van der Waals surface area contributed by atoms with E-state index in [1.54, 1.807) is 23.9 Å². The van der Waals surface area contributed by atoms with E-state index in [1.807, 2.05) is 17.5 Å². The van der Waals surface area contributed by atoms with Crippen LogP contribution in [0.4, 0.5) is 5.69 Å². The first-order valence-electron chi connectivity index (χ1n) is 12.4. The van der Waals surface area contributed by atoms with Gasteiger partial charge in [0.1, 0.15) is 35.8 Å². The summed E-state index contributed by atoms with van der Waals surface area (Å²) in [7, 11) is 0. The summed E-state index contributed by atoms with van der Waals surface area (Å²) in [4.78, 5) is 18.2. The number of nitrogens with one attached hydrogen (secondary N) is 2. The fourth-order valence-corrected chi connectivity index (χ4v) is 5.59. The number of hydrogen-bond donors (Lipinski definition) is 2. The predicted octanol–water partition coefficient (Wildman–Crippen LogP) is 3.58. The molecule has 188 valence electrons. The van der Waals surface area contributed by atoms with E-state index in [4.69, 9.17) is 19.2 Å². The Bertz CT molecular complexity index is 1490. The second kappa shape index (κ2) is 9.05. The van der Waals surface area contributed by atoms with Crippen molar-refractivity contribution in [2.45, 2.75) is 37.6 Å². The van der Waals surface area contributed by atoms with Crippen LogP contribution in [0.2, 0.25) is 0 Å². The monoisotopic (exact) mass is 514 g/mol. The fourth-order valence-electron chi connectivity index (χ4n) is 5.06. The van der Waals surface area contributed by atoms with Gasteiger partial charge < -0.3 is 24.8 Å². The average Bonchev–Trinajstić information content (AvgIpc) is 3.23. The number of aryl methyl sites for hydroxylation is 1. The number of rotatable bonds is 7. The largest absolute Gasteiger partial charge is 0.486 e. The lowest BCUT2D eigenvalue weighted by Gasteiger charge is -2.17. The van der Waals surface area contributed by atoms with Crippen LogP contribution in [0.25, 0.3) is 10.9 Å². The van der Waals surface area contributed by atoms with Crippen LogP contribution in [0, 0.1) is 6.92 Å². The quantitative estimate of drug-likeness (QED) is 0.360. The normalized spacial score (nSPS) is 24.0. The van der Waals surface area contributed by atoms with Crippen LogP contribution in [0.1, 0.15) is 21.8 Å². The summed E-state index contributed by atoms with van der Waals surface area (Å²) in [6, 6.07) is 13.1. The second-order valence-corrected chi connectivity index (χ2v) is 10.7. The van der Waals surface area contributed by atoms with Gasteiger partial charge in [-0.2, -0.15) is 0 Å². The molecule has 37 heavy (non-hydrogen) atoms. The lowest BCUT2D eigenvalue weighted by atomic mass is 9.92. The number of amidine groups is 1. The number of fused-ring (bicyclic) bond motifs is 2. The maximum Gasteiger partial charge on any atom is 0.290 e. The minimum Gasteiger partial charge on any atom is -0.486 e. The molecule has 0 aliphatic carbocycles. The first kappa shape index (κ1) is 22.6. The number of aliphatic imine (C=N–C) groups is 1. The van der Waals surface area contributed by atoms with Crippen LogP contribution >= 0.6 is 11.3 Å². The van der Waals surface area contributed by atoms with Crippen molar-refractivity contribution in [2.75, 3.05) is 25.1 Å². The Hall–Kier alpha value is -3.60. The van der Waals surface area contributed by atoms with Gasteiger partial charge in [-0.3, -0.25) is 0 Å². The van der Waals surface area contributed by atoms with Gasteiger partial charge in [0.25, 0.3) is 6.02 Å². The highest BCUT2D eigenvalue weighted by molar-refractivity contribution is 7.09. The summed E-state index contributed by atoms with van der Waals surface area (Å²) in [6.07, 6.45) is 4.28. The molecule has 3 unspecified atom stereocenters. The minimum absolute atomic E-state index is 0.00777.